The van der Waals surface area contributed by atoms with Crippen molar-refractivity contribution in [2.75, 3.05) is 18.4 Å². The Labute approximate surface area is 100 Å². The van der Waals surface area contributed by atoms with Gasteiger partial charge in [0, 0.05) is 7.05 Å². The Kier molecular flexibility index (Phi) is 4.47. The molecule has 0 saturated carbocycles. The molecule has 6 nitrogen and oxygen atoms in total. The third kappa shape index (κ3) is 4.04. The molecule has 0 unspecified atom stereocenters. The van der Waals surface area contributed by atoms with Crippen LogP contribution in [-0.4, -0.2) is 28.0 Å². The first-order valence-electron chi connectivity index (χ1n) is 4.97. The van der Waals surface area contributed by atoms with E-state index in [2.05, 4.69) is 9.44 Å². The number of hydrogen-bond donors (Lipinski definition) is 2. The molecule has 0 fully saturated rings. The Morgan fingerprint density at radius 3 is 2.71 bits per heavy atom. The van der Waals surface area contributed by atoms with E-state index in [9.17, 15) is 13.2 Å². The Balaban J connectivity index is 2.90. The summed E-state index contributed by atoms with van der Waals surface area (Å²) in [4.78, 5) is 11.4. The third-order valence-corrected chi connectivity index (χ3v) is 2.94. The fourth-order valence-electron chi connectivity index (χ4n) is 1.13. The van der Waals surface area contributed by atoms with Crippen LogP contribution in [-0.2, 0) is 14.9 Å². The van der Waals surface area contributed by atoms with Crippen molar-refractivity contribution in [2.24, 2.45) is 0 Å². The van der Waals surface area contributed by atoms with Crippen LogP contribution in [0.5, 0.6) is 0 Å². The minimum atomic E-state index is -3.58. The van der Waals surface area contributed by atoms with Crippen molar-refractivity contribution in [3.8, 4) is 0 Å². The van der Waals surface area contributed by atoms with E-state index in [4.69, 9.17) is 4.74 Å². The second kappa shape index (κ2) is 5.65. The zero-order valence-electron chi connectivity index (χ0n) is 9.56. The normalized spacial score (nSPS) is 10.9. The van der Waals surface area contributed by atoms with Crippen molar-refractivity contribution >= 4 is 21.9 Å². The summed E-state index contributed by atoms with van der Waals surface area (Å²) in [5, 5.41) is 0. The van der Waals surface area contributed by atoms with Crippen molar-refractivity contribution in [3.05, 3.63) is 29.8 Å². The fourth-order valence-corrected chi connectivity index (χ4v) is 1.67. The summed E-state index contributed by atoms with van der Waals surface area (Å²) in [5.74, 6) is -0.488. The zero-order chi connectivity index (χ0) is 12.9. The summed E-state index contributed by atoms with van der Waals surface area (Å²) in [5.41, 5.74) is 0.591. The maximum absolute atomic E-state index is 11.4. The van der Waals surface area contributed by atoms with Gasteiger partial charge in [-0.3, -0.25) is 4.72 Å². The number of hydrogen-bond acceptors (Lipinski definition) is 4. The van der Waals surface area contributed by atoms with E-state index in [1.54, 1.807) is 19.1 Å². The van der Waals surface area contributed by atoms with Crippen LogP contribution in [0.15, 0.2) is 24.3 Å². The van der Waals surface area contributed by atoms with Gasteiger partial charge in [-0.15, -0.1) is 0 Å². The first kappa shape index (κ1) is 13.5. The van der Waals surface area contributed by atoms with E-state index in [-0.39, 0.29) is 6.61 Å². The highest BCUT2D eigenvalue weighted by Crippen LogP contribution is 2.12. The number of carbonyl (C=O) groups excluding carboxylic acids is 1. The molecule has 0 saturated heterocycles. The topological polar surface area (TPSA) is 84.5 Å². The molecule has 1 rings (SSSR count). The fraction of sp³-hybridized carbons (Fsp3) is 0.300. The molecule has 1 aromatic carbocycles. The largest absolute Gasteiger partial charge is 0.462 e. The SMILES string of the molecule is CCOC(=O)c1cccc(NS(=O)(=O)NC)c1. The van der Waals surface area contributed by atoms with E-state index in [1.165, 1.54) is 19.2 Å². The van der Waals surface area contributed by atoms with Gasteiger partial charge in [0.15, 0.2) is 0 Å². The van der Waals surface area contributed by atoms with Gasteiger partial charge in [-0.1, -0.05) is 6.07 Å². The summed E-state index contributed by atoms with van der Waals surface area (Å²) in [6.07, 6.45) is 0. The Morgan fingerprint density at radius 1 is 1.41 bits per heavy atom. The highest BCUT2D eigenvalue weighted by Gasteiger charge is 2.10. The first-order valence-corrected chi connectivity index (χ1v) is 6.45. The molecule has 0 heterocycles. The van der Waals surface area contributed by atoms with Gasteiger partial charge < -0.3 is 4.74 Å². The average molecular weight is 258 g/mol. The highest BCUT2D eigenvalue weighted by molar-refractivity contribution is 7.90. The van der Waals surface area contributed by atoms with Crippen molar-refractivity contribution < 1.29 is 17.9 Å². The lowest BCUT2D eigenvalue weighted by Crippen LogP contribution is -2.26. The van der Waals surface area contributed by atoms with Gasteiger partial charge in [0.25, 0.3) is 10.2 Å². The Bertz CT molecular complexity index is 499. The molecule has 0 amide bonds. The summed E-state index contributed by atoms with van der Waals surface area (Å²) >= 11 is 0. The van der Waals surface area contributed by atoms with Crippen LogP contribution >= 0.6 is 0 Å². The molecule has 0 radical (unpaired) electrons. The third-order valence-electron chi connectivity index (χ3n) is 1.89. The minimum Gasteiger partial charge on any atom is -0.462 e. The molecule has 0 atom stereocenters. The Hall–Kier alpha value is -1.60. The Morgan fingerprint density at radius 2 is 2.12 bits per heavy atom. The van der Waals surface area contributed by atoms with Gasteiger partial charge in [0.05, 0.1) is 17.9 Å². The zero-order valence-corrected chi connectivity index (χ0v) is 10.4. The monoisotopic (exact) mass is 258 g/mol. The number of nitrogens with one attached hydrogen (secondary N) is 2. The van der Waals surface area contributed by atoms with E-state index < -0.39 is 16.2 Å². The molecule has 0 aliphatic carbocycles. The van der Waals surface area contributed by atoms with Gasteiger partial charge in [0.2, 0.25) is 0 Å². The molecule has 0 bridgehead atoms. The van der Waals surface area contributed by atoms with Gasteiger partial charge >= 0.3 is 5.97 Å². The average Bonchev–Trinajstić information content (AvgIpc) is 2.29. The summed E-state index contributed by atoms with van der Waals surface area (Å²) < 4.78 is 31.6. The number of anilines is 1. The maximum atomic E-state index is 11.4. The summed E-state index contributed by atoms with van der Waals surface area (Å²) in [6.45, 7) is 1.97. The van der Waals surface area contributed by atoms with Gasteiger partial charge in [0.1, 0.15) is 0 Å². The van der Waals surface area contributed by atoms with Crippen LogP contribution in [0.25, 0.3) is 0 Å². The molecule has 7 heteroatoms. The first-order chi connectivity index (χ1) is 7.98. The van der Waals surface area contributed by atoms with Gasteiger partial charge in [-0.2, -0.15) is 8.42 Å². The molecular weight excluding hydrogens is 244 g/mol. The number of rotatable bonds is 5. The lowest BCUT2D eigenvalue weighted by atomic mass is 10.2. The van der Waals surface area contributed by atoms with Crippen LogP contribution in [0.2, 0.25) is 0 Å². The van der Waals surface area contributed by atoms with Crippen molar-refractivity contribution in [2.45, 2.75) is 6.92 Å². The van der Waals surface area contributed by atoms with E-state index in [0.29, 0.717) is 11.3 Å². The summed E-state index contributed by atoms with van der Waals surface area (Å²) in [6, 6.07) is 6.07. The predicted molar refractivity (Wildman–Crippen MR) is 64.0 cm³/mol. The van der Waals surface area contributed by atoms with E-state index >= 15 is 0 Å². The van der Waals surface area contributed by atoms with Crippen LogP contribution < -0.4 is 9.44 Å². The van der Waals surface area contributed by atoms with Crippen molar-refractivity contribution in [1.29, 1.82) is 0 Å². The second-order valence-electron chi connectivity index (χ2n) is 3.11. The van der Waals surface area contributed by atoms with Gasteiger partial charge in [-0.05, 0) is 25.1 Å². The van der Waals surface area contributed by atoms with E-state index in [0.717, 1.165) is 0 Å². The van der Waals surface area contributed by atoms with E-state index in [1.807, 2.05) is 0 Å². The molecule has 1 aromatic rings. The molecule has 2 N–H and O–H groups in total. The van der Waals surface area contributed by atoms with Crippen molar-refractivity contribution in [1.82, 2.24) is 4.72 Å². The molecular formula is C10H14N2O4S. The van der Waals surface area contributed by atoms with Crippen LogP contribution in [0, 0.1) is 0 Å². The smallest absolute Gasteiger partial charge is 0.338 e. The second-order valence-corrected chi connectivity index (χ2v) is 4.73. The highest BCUT2D eigenvalue weighted by atomic mass is 32.2. The number of benzene rings is 1. The predicted octanol–water partition coefficient (Wildman–Crippen LogP) is 0.739. The van der Waals surface area contributed by atoms with Gasteiger partial charge in [-0.25, -0.2) is 9.52 Å². The number of carbonyl (C=O) groups is 1. The lowest BCUT2D eigenvalue weighted by molar-refractivity contribution is 0.0526. The minimum absolute atomic E-state index is 0.269. The molecule has 94 valence electrons. The number of ether oxygens (including phenoxy) is 1. The summed E-state index contributed by atoms with van der Waals surface area (Å²) in [7, 11) is -2.29. The van der Waals surface area contributed by atoms with Crippen LogP contribution in [0.4, 0.5) is 5.69 Å². The quantitative estimate of drug-likeness (QED) is 0.763. The molecule has 0 aliphatic heterocycles. The van der Waals surface area contributed by atoms with Crippen LogP contribution in [0.1, 0.15) is 17.3 Å². The molecule has 17 heavy (non-hydrogen) atoms. The number of esters is 1. The maximum Gasteiger partial charge on any atom is 0.338 e. The molecule has 0 aliphatic rings. The van der Waals surface area contributed by atoms with Crippen LogP contribution in [0.3, 0.4) is 0 Å². The molecule has 0 spiro atoms. The van der Waals surface area contributed by atoms with Crippen molar-refractivity contribution in [3.63, 3.8) is 0 Å². The standard InChI is InChI=1S/C10H14N2O4S/c1-3-16-10(13)8-5-4-6-9(7-8)12-17(14,15)11-2/h4-7,11-12H,3H2,1-2H3. The molecule has 0 aromatic heterocycles. The lowest BCUT2D eigenvalue weighted by Gasteiger charge is -2.07.